The molecule has 2 heterocycles. The minimum absolute atomic E-state index is 0.0381. The normalized spacial score (nSPS) is 16.7. The number of piperidine rings is 1. The van der Waals surface area contributed by atoms with E-state index in [1.165, 1.54) is 0 Å². The highest BCUT2D eigenvalue weighted by Gasteiger charge is 2.27. The second-order valence-electron chi connectivity index (χ2n) is 7.69. The summed E-state index contributed by atoms with van der Waals surface area (Å²) < 4.78 is 0. The van der Waals surface area contributed by atoms with Crippen LogP contribution in [-0.4, -0.2) is 53.4 Å². The third kappa shape index (κ3) is 5.84. The molecule has 8 heteroatoms. The standard InChI is InChI=1S/C22H29ClN4O3/c1-15(13-28)25-21-12-19(5-8-24-21)27-9-6-16(7-10-27)22(30)26-20(14-29)17-3-2-4-18(23)11-17/h2-5,8,11-12,15-16,20,28-29H,6-7,9-10,13-14H2,1H3,(H,24,25)(H,26,30). The second kappa shape index (κ2) is 10.6. The van der Waals surface area contributed by atoms with Crippen LogP contribution >= 0.6 is 11.6 Å². The molecule has 2 aromatic rings. The van der Waals surface area contributed by atoms with Crippen molar-refractivity contribution in [1.82, 2.24) is 10.3 Å². The van der Waals surface area contributed by atoms with E-state index in [2.05, 4.69) is 20.5 Å². The first-order valence-electron chi connectivity index (χ1n) is 10.2. The van der Waals surface area contributed by atoms with Gasteiger partial charge in [-0.1, -0.05) is 23.7 Å². The van der Waals surface area contributed by atoms with Gasteiger partial charge in [-0.3, -0.25) is 4.79 Å². The quantitative estimate of drug-likeness (QED) is 0.512. The number of aliphatic hydroxyl groups excluding tert-OH is 2. The monoisotopic (exact) mass is 432 g/mol. The molecule has 7 nitrogen and oxygen atoms in total. The number of halogens is 1. The molecular formula is C22H29ClN4O3. The van der Waals surface area contributed by atoms with Crippen molar-refractivity contribution in [2.45, 2.75) is 31.8 Å². The Morgan fingerprint density at radius 3 is 2.67 bits per heavy atom. The molecule has 0 saturated carbocycles. The molecule has 2 atom stereocenters. The number of hydrogen-bond acceptors (Lipinski definition) is 6. The Balaban J connectivity index is 1.56. The van der Waals surface area contributed by atoms with Crippen molar-refractivity contribution < 1.29 is 15.0 Å². The smallest absolute Gasteiger partial charge is 0.223 e. The molecule has 30 heavy (non-hydrogen) atoms. The lowest BCUT2D eigenvalue weighted by atomic mass is 9.94. The van der Waals surface area contributed by atoms with Crippen LogP contribution in [0.25, 0.3) is 0 Å². The number of benzene rings is 1. The van der Waals surface area contributed by atoms with E-state index >= 15 is 0 Å². The highest BCUT2D eigenvalue weighted by molar-refractivity contribution is 6.30. The minimum Gasteiger partial charge on any atom is -0.394 e. The molecule has 3 rings (SSSR count). The molecule has 4 N–H and O–H groups in total. The number of rotatable bonds is 8. The summed E-state index contributed by atoms with van der Waals surface area (Å²) in [6.07, 6.45) is 3.21. The summed E-state index contributed by atoms with van der Waals surface area (Å²) in [5.74, 6) is 0.590. The molecule has 1 amide bonds. The van der Waals surface area contributed by atoms with E-state index in [1.807, 2.05) is 31.2 Å². The fraction of sp³-hybridized carbons (Fsp3) is 0.455. The summed E-state index contributed by atoms with van der Waals surface area (Å²) in [5, 5.41) is 25.6. The largest absolute Gasteiger partial charge is 0.394 e. The van der Waals surface area contributed by atoms with Gasteiger partial charge >= 0.3 is 0 Å². The number of pyridine rings is 1. The molecule has 0 aliphatic carbocycles. The van der Waals surface area contributed by atoms with Crippen LogP contribution in [0, 0.1) is 5.92 Å². The molecule has 1 saturated heterocycles. The zero-order valence-electron chi connectivity index (χ0n) is 17.1. The maximum atomic E-state index is 12.8. The average Bonchev–Trinajstić information content (AvgIpc) is 2.77. The van der Waals surface area contributed by atoms with E-state index in [1.54, 1.807) is 18.3 Å². The molecule has 1 aliphatic rings. The van der Waals surface area contributed by atoms with Crippen LogP contribution < -0.4 is 15.5 Å². The number of hydrogen-bond donors (Lipinski definition) is 4. The molecule has 1 aromatic carbocycles. The maximum absolute atomic E-state index is 12.8. The van der Waals surface area contributed by atoms with E-state index in [9.17, 15) is 15.0 Å². The Labute approximate surface area is 182 Å². The summed E-state index contributed by atoms with van der Waals surface area (Å²) in [7, 11) is 0. The topological polar surface area (TPSA) is 97.7 Å². The van der Waals surface area contributed by atoms with Gasteiger partial charge in [0.25, 0.3) is 0 Å². The first-order valence-corrected chi connectivity index (χ1v) is 10.6. The summed E-state index contributed by atoms with van der Waals surface area (Å²) in [5.41, 5.74) is 1.84. The Morgan fingerprint density at radius 1 is 1.23 bits per heavy atom. The Morgan fingerprint density at radius 2 is 2.00 bits per heavy atom. The number of amides is 1. The van der Waals surface area contributed by atoms with Crippen LogP contribution in [0.2, 0.25) is 5.02 Å². The lowest BCUT2D eigenvalue weighted by Gasteiger charge is -2.33. The van der Waals surface area contributed by atoms with E-state index in [0.29, 0.717) is 5.02 Å². The molecule has 0 spiro atoms. The number of aliphatic hydroxyl groups is 2. The Bertz CT molecular complexity index is 843. The van der Waals surface area contributed by atoms with Crippen LogP contribution in [0.4, 0.5) is 11.5 Å². The van der Waals surface area contributed by atoms with E-state index in [0.717, 1.165) is 43.0 Å². The van der Waals surface area contributed by atoms with Gasteiger partial charge in [0.2, 0.25) is 5.91 Å². The fourth-order valence-electron chi connectivity index (χ4n) is 3.64. The van der Waals surface area contributed by atoms with Crippen LogP contribution in [0.1, 0.15) is 31.4 Å². The van der Waals surface area contributed by atoms with Crippen LogP contribution in [0.5, 0.6) is 0 Å². The van der Waals surface area contributed by atoms with Gasteiger partial charge in [-0.2, -0.15) is 0 Å². The first-order chi connectivity index (χ1) is 14.5. The summed E-state index contributed by atoms with van der Waals surface area (Å²) >= 11 is 6.03. The Hall–Kier alpha value is -2.35. The maximum Gasteiger partial charge on any atom is 0.223 e. The van der Waals surface area contributed by atoms with Gasteiger partial charge in [0, 0.05) is 48.0 Å². The molecule has 2 unspecified atom stereocenters. The number of carbonyl (C=O) groups is 1. The van der Waals surface area contributed by atoms with Crippen molar-refractivity contribution in [3.63, 3.8) is 0 Å². The highest BCUT2D eigenvalue weighted by atomic mass is 35.5. The summed E-state index contributed by atoms with van der Waals surface area (Å²) in [6.45, 7) is 3.28. The molecule has 1 aromatic heterocycles. The molecule has 1 fully saturated rings. The van der Waals surface area contributed by atoms with Crippen molar-refractivity contribution in [3.05, 3.63) is 53.2 Å². The molecule has 0 radical (unpaired) electrons. The van der Waals surface area contributed by atoms with Gasteiger partial charge in [-0.15, -0.1) is 0 Å². The number of aromatic nitrogens is 1. The third-order valence-electron chi connectivity index (χ3n) is 5.39. The van der Waals surface area contributed by atoms with Crippen molar-refractivity contribution in [2.24, 2.45) is 5.92 Å². The second-order valence-corrected chi connectivity index (χ2v) is 8.12. The van der Waals surface area contributed by atoms with E-state index < -0.39 is 6.04 Å². The third-order valence-corrected chi connectivity index (χ3v) is 5.63. The lowest BCUT2D eigenvalue weighted by Crippen LogP contribution is -2.42. The molecular weight excluding hydrogens is 404 g/mol. The number of nitrogens with zero attached hydrogens (tertiary/aromatic N) is 2. The van der Waals surface area contributed by atoms with Gasteiger partial charge in [0.05, 0.1) is 19.3 Å². The van der Waals surface area contributed by atoms with E-state index in [-0.39, 0.29) is 31.1 Å². The summed E-state index contributed by atoms with van der Waals surface area (Å²) in [4.78, 5) is 19.3. The van der Waals surface area contributed by atoms with Crippen LogP contribution in [0.3, 0.4) is 0 Å². The fourth-order valence-corrected chi connectivity index (χ4v) is 3.84. The zero-order valence-corrected chi connectivity index (χ0v) is 17.8. The predicted molar refractivity (Wildman–Crippen MR) is 119 cm³/mol. The average molecular weight is 433 g/mol. The minimum atomic E-state index is -0.462. The van der Waals surface area contributed by atoms with Gasteiger partial charge in [-0.25, -0.2) is 4.98 Å². The molecule has 0 bridgehead atoms. The van der Waals surface area contributed by atoms with Crippen LogP contribution in [-0.2, 0) is 4.79 Å². The lowest BCUT2D eigenvalue weighted by molar-refractivity contribution is -0.126. The van der Waals surface area contributed by atoms with Gasteiger partial charge < -0.3 is 25.7 Å². The summed E-state index contributed by atoms with van der Waals surface area (Å²) in [6, 6.07) is 10.6. The number of carbonyl (C=O) groups excluding carboxylic acids is 1. The number of anilines is 2. The predicted octanol–water partition coefficient (Wildman–Crippen LogP) is 2.59. The van der Waals surface area contributed by atoms with E-state index in [4.69, 9.17) is 11.6 Å². The SMILES string of the molecule is CC(CO)Nc1cc(N2CCC(C(=O)NC(CO)c3cccc(Cl)c3)CC2)ccn1. The van der Waals surface area contributed by atoms with Crippen LogP contribution in [0.15, 0.2) is 42.6 Å². The molecule has 162 valence electrons. The van der Waals surface area contributed by atoms with Gasteiger partial charge in [0.1, 0.15) is 5.82 Å². The zero-order chi connectivity index (χ0) is 21.5. The van der Waals surface area contributed by atoms with Gasteiger partial charge in [0.15, 0.2) is 0 Å². The van der Waals surface area contributed by atoms with Crippen molar-refractivity contribution >= 4 is 29.0 Å². The highest BCUT2D eigenvalue weighted by Crippen LogP contribution is 2.26. The van der Waals surface area contributed by atoms with Gasteiger partial charge in [-0.05, 0) is 43.5 Å². The Kier molecular flexibility index (Phi) is 7.90. The molecule has 1 aliphatic heterocycles. The first kappa shape index (κ1) is 22.3. The van der Waals surface area contributed by atoms with Crippen molar-refractivity contribution in [3.8, 4) is 0 Å². The number of nitrogens with one attached hydrogen (secondary N) is 2. The van der Waals surface area contributed by atoms with Crippen molar-refractivity contribution in [1.29, 1.82) is 0 Å². The van der Waals surface area contributed by atoms with Crippen molar-refractivity contribution in [2.75, 3.05) is 36.5 Å².